The zero-order valence-corrected chi connectivity index (χ0v) is 25.4. The Labute approximate surface area is 257 Å². The summed E-state index contributed by atoms with van der Waals surface area (Å²) in [5, 5.41) is 11.5. The van der Waals surface area contributed by atoms with Crippen LogP contribution in [-0.2, 0) is 9.59 Å². The first-order chi connectivity index (χ1) is 21.2. The van der Waals surface area contributed by atoms with Gasteiger partial charge in [-0.2, -0.15) is 0 Å². The minimum Gasteiger partial charge on any atom is -0.465 e. The van der Waals surface area contributed by atoms with Crippen LogP contribution in [0.4, 0.5) is 10.5 Å². The van der Waals surface area contributed by atoms with Gasteiger partial charge in [-0.3, -0.25) is 39.2 Å². The Morgan fingerprint density at radius 2 is 1.59 bits per heavy atom. The van der Waals surface area contributed by atoms with Crippen molar-refractivity contribution in [1.82, 2.24) is 29.8 Å². The first-order valence-corrected chi connectivity index (χ1v) is 15.9. The monoisotopic (exact) mass is 609 g/mol. The molecule has 0 aliphatic carbocycles. The number of piperidine rings is 2. The molecule has 1 aromatic rings. The number of nitrogens with zero attached hydrogens (tertiary/aromatic N) is 6. The lowest BCUT2D eigenvalue weighted by Gasteiger charge is -2.41. The lowest BCUT2D eigenvalue weighted by atomic mass is 9.96. The fourth-order valence-electron chi connectivity index (χ4n) is 7.37. The van der Waals surface area contributed by atoms with Gasteiger partial charge in [-0.1, -0.05) is 0 Å². The molecule has 238 valence electrons. The third-order valence-corrected chi connectivity index (χ3v) is 10.1. The maximum absolute atomic E-state index is 13.2. The van der Waals surface area contributed by atoms with Crippen molar-refractivity contribution in [3.8, 4) is 0 Å². The summed E-state index contributed by atoms with van der Waals surface area (Å²) in [6, 6.07) is 4.65. The standard InChI is InChI=1S/C31H43N7O6/c1-21-19-37(31(43)44)17-16-35(21)13-10-33-8-6-22(7-9-33)20-34-11-14-36(15-12-34)23-2-3-24-25(18-23)30(42)38(29(24)41)26-4-5-27(39)32-28(26)40/h2-3,18,21-22,26H,4-17,19-20H2,1H3,(H,43,44)(H,32,39,40)/t21-,26?/m0/s1. The molecule has 2 atom stereocenters. The first kappa shape index (κ1) is 30.5. The maximum Gasteiger partial charge on any atom is 0.407 e. The summed E-state index contributed by atoms with van der Waals surface area (Å²) in [6.45, 7) is 12.9. The minimum atomic E-state index is -0.954. The number of carboxylic acid groups (broad SMARTS) is 1. The van der Waals surface area contributed by atoms with Crippen molar-refractivity contribution in [2.75, 3.05) is 83.4 Å². The van der Waals surface area contributed by atoms with Crippen LogP contribution in [0.15, 0.2) is 18.2 Å². The van der Waals surface area contributed by atoms with Crippen LogP contribution in [0.25, 0.3) is 0 Å². The van der Waals surface area contributed by atoms with Gasteiger partial charge in [-0.15, -0.1) is 0 Å². The molecule has 0 saturated carbocycles. The van der Waals surface area contributed by atoms with Crippen molar-refractivity contribution in [3.63, 3.8) is 0 Å². The van der Waals surface area contributed by atoms with Crippen LogP contribution in [0.1, 0.15) is 53.3 Å². The van der Waals surface area contributed by atoms with E-state index in [0.717, 1.165) is 76.0 Å². The van der Waals surface area contributed by atoms with Gasteiger partial charge in [0.2, 0.25) is 11.8 Å². The third kappa shape index (κ3) is 6.31. The van der Waals surface area contributed by atoms with Gasteiger partial charge in [0.05, 0.1) is 11.1 Å². The van der Waals surface area contributed by atoms with E-state index in [4.69, 9.17) is 0 Å². The number of hydrogen-bond acceptors (Lipinski definition) is 9. The van der Waals surface area contributed by atoms with Crippen LogP contribution in [0, 0.1) is 5.92 Å². The van der Waals surface area contributed by atoms with E-state index in [1.807, 2.05) is 6.07 Å². The highest BCUT2D eigenvalue weighted by molar-refractivity contribution is 6.23. The zero-order chi connectivity index (χ0) is 31.0. The van der Waals surface area contributed by atoms with Gasteiger partial charge in [-0.25, -0.2) is 4.79 Å². The molecule has 5 heterocycles. The van der Waals surface area contributed by atoms with E-state index in [-0.39, 0.29) is 24.8 Å². The van der Waals surface area contributed by atoms with Gasteiger partial charge >= 0.3 is 6.09 Å². The lowest BCUT2D eigenvalue weighted by Crippen LogP contribution is -2.55. The molecule has 4 fully saturated rings. The SMILES string of the molecule is C[C@H]1CN(C(=O)O)CCN1CCN1CCC(CN2CCN(c3ccc4c(c3)C(=O)N(C3CCC(=O)NC3=O)C4=O)CC2)CC1. The van der Waals surface area contributed by atoms with Crippen LogP contribution in [-0.4, -0.2) is 150 Å². The number of rotatable bonds is 7. The molecule has 1 aromatic carbocycles. The number of carbonyl (C=O) groups is 5. The second kappa shape index (κ2) is 12.8. The largest absolute Gasteiger partial charge is 0.465 e. The summed E-state index contributed by atoms with van der Waals surface area (Å²) in [5.41, 5.74) is 1.54. The lowest BCUT2D eigenvalue weighted by molar-refractivity contribution is -0.136. The number of amides is 5. The van der Waals surface area contributed by atoms with Gasteiger partial charge in [-0.05, 0) is 63.4 Å². The molecule has 0 bridgehead atoms. The zero-order valence-electron chi connectivity index (χ0n) is 25.4. The Morgan fingerprint density at radius 3 is 2.27 bits per heavy atom. The van der Waals surface area contributed by atoms with Crippen LogP contribution in [0.2, 0.25) is 0 Å². The van der Waals surface area contributed by atoms with Gasteiger partial charge in [0.1, 0.15) is 6.04 Å². The molecule has 1 unspecified atom stereocenters. The Hall–Kier alpha value is -3.55. The molecule has 0 radical (unpaired) electrons. The smallest absolute Gasteiger partial charge is 0.407 e. The number of anilines is 1. The van der Waals surface area contributed by atoms with E-state index in [1.54, 1.807) is 12.1 Å². The fraction of sp³-hybridized carbons (Fsp3) is 0.645. The van der Waals surface area contributed by atoms with E-state index in [2.05, 4.69) is 31.8 Å². The Balaban J connectivity index is 0.939. The number of hydrogen-bond donors (Lipinski definition) is 2. The highest BCUT2D eigenvalue weighted by Gasteiger charge is 2.44. The van der Waals surface area contributed by atoms with E-state index < -0.39 is 29.9 Å². The first-order valence-electron chi connectivity index (χ1n) is 15.9. The van der Waals surface area contributed by atoms with Crippen molar-refractivity contribution in [2.24, 2.45) is 5.92 Å². The average Bonchev–Trinajstić information content (AvgIpc) is 3.26. The number of carbonyl (C=O) groups excluding carboxylic acids is 4. The molecule has 13 heteroatoms. The van der Waals surface area contributed by atoms with Gasteiger partial charge in [0.25, 0.3) is 11.8 Å². The number of likely N-dealkylation sites (tertiary alicyclic amines) is 1. The molecule has 5 aliphatic rings. The summed E-state index contributed by atoms with van der Waals surface area (Å²) in [4.78, 5) is 73.7. The van der Waals surface area contributed by atoms with Crippen LogP contribution in [0.5, 0.6) is 0 Å². The third-order valence-electron chi connectivity index (χ3n) is 10.1. The molecule has 0 spiro atoms. The van der Waals surface area contributed by atoms with Crippen LogP contribution < -0.4 is 10.2 Å². The molecule has 4 saturated heterocycles. The van der Waals surface area contributed by atoms with E-state index in [0.29, 0.717) is 30.1 Å². The molecule has 2 N–H and O–H groups in total. The summed E-state index contributed by atoms with van der Waals surface area (Å²) < 4.78 is 0. The van der Waals surface area contributed by atoms with Crippen molar-refractivity contribution < 1.29 is 29.1 Å². The Morgan fingerprint density at radius 1 is 0.864 bits per heavy atom. The van der Waals surface area contributed by atoms with Gasteiger partial charge < -0.3 is 19.8 Å². The quantitative estimate of drug-likeness (QED) is 0.423. The summed E-state index contributed by atoms with van der Waals surface area (Å²) in [7, 11) is 0. The molecule has 44 heavy (non-hydrogen) atoms. The predicted octanol–water partition coefficient (Wildman–Crippen LogP) is 0.606. The Kier molecular flexibility index (Phi) is 8.88. The van der Waals surface area contributed by atoms with E-state index in [1.165, 1.54) is 17.7 Å². The highest BCUT2D eigenvalue weighted by Crippen LogP contribution is 2.31. The molecular weight excluding hydrogens is 566 g/mol. The molecule has 0 aromatic heterocycles. The van der Waals surface area contributed by atoms with Crippen molar-refractivity contribution >= 4 is 35.4 Å². The second-order valence-corrected chi connectivity index (χ2v) is 12.9. The number of imide groups is 2. The Bertz CT molecular complexity index is 1310. The normalized spacial score (nSPS) is 26.3. The molecule has 5 aliphatic heterocycles. The van der Waals surface area contributed by atoms with Gasteiger partial charge in [0, 0.05) is 83.6 Å². The summed E-state index contributed by atoms with van der Waals surface area (Å²) >= 11 is 0. The van der Waals surface area contributed by atoms with Crippen LogP contribution >= 0.6 is 0 Å². The maximum atomic E-state index is 13.2. The number of piperazine rings is 2. The van der Waals surface area contributed by atoms with Crippen molar-refractivity contribution in [2.45, 2.75) is 44.7 Å². The molecular formula is C31H43N7O6. The van der Waals surface area contributed by atoms with Crippen molar-refractivity contribution in [3.05, 3.63) is 29.3 Å². The topological polar surface area (TPSA) is 137 Å². The van der Waals surface area contributed by atoms with E-state index in [9.17, 15) is 29.1 Å². The van der Waals surface area contributed by atoms with E-state index >= 15 is 0 Å². The van der Waals surface area contributed by atoms with Crippen molar-refractivity contribution in [1.29, 1.82) is 0 Å². The average molecular weight is 610 g/mol. The summed E-state index contributed by atoms with van der Waals surface area (Å²) in [6.07, 6.45) is 1.81. The number of fused-ring (bicyclic) bond motifs is 1. The second-order valence-electron chi connectivity index (χ2n) is 12.9. The van der Waals surface area contributed by atoms with Gasteiger partial charge in [0.15, 0.2) is 0 Å². The predicted molar refractivity (Wildman–Crippen MR) is 162 cm³/mol. The minimum absolute atomic E-state index is 0.104. The highest BCUT2D eigenvalue weighted by atomic mass is 16.4. The number of benzene rings is 1. The molecule has 5 amide bonds. The molecule has 6 rings (SSSR count). The summed E-state index contributed by atoms with van der Waals surface area (Å²) in [5.74, 6) is -1.25. The molecule has 13 nitrogen and oxygen atoms in total. The van der Waals surface area contributed by atoms with Crippen LogP contribution in [0.3, 0.4) is 0 Å². The number of nitrogens with one attached hydrogen (secondary N) is 1. The fourth-order valence-corrected chi connectivity index (χ4v) is 7.37.